The van der Waals surface area contributed by atoms with Crippen LogP contribution in [0.2, 0.25) is 0 Å². The van der Waals surface area contributed by atoms with Gasteiger partial charge in [-0.15, -0.1) is 0 Å². The largest absolute Gasteiger partial charge is 0.369 e. The van der Waals surface area contributed by atoms with Gasteiger partial charge in [0.15, 0.2) is 0 Å². The Kier molecular flexibility index (Phi) is 4.07. The SMILES string of the molecule is CC(C)OCC(=O)Nc1cccnc1. The second-order valence-electron chi connectivity index (χ2n) is 3.15. The number of anilines is 1. The molecule has 4 heteroatoms. The summed E-state index contributed by atoms with van der Waals surface area (Å²) in [7, 11) is 0. The minimum Gasteiger partial charge on any atom is -0.369 e. The van der Waals surface area contributed by atoms with Gasteiger partial charge in [-0.25, -0.2) is 0 Å². The van der Waals surface area contributed by atoms with Gasteiger partial charge in [0.1, 0.15) is 6.61 Å². The Labute approximate surface area is 83.3 Å². The fourth-order valence-corrected chi connectivity index (χ4v) is 0.876. The molecular formula is C10H14N2O2. The van der Waals surface area contributed by atoms with Gasteiger partial charge < -0.3 is 10.1 Å². The van der Waals surface area contributed by atoms with Crippen LogP contribution in [0.15, 0.2) is 24.5 Å². The van der Waals surface area contributed by atoms with Crippen molar-refractivity contribution in [1.82, 2.24) is 4.98 Å². The van der Waals surface area contributed by atoms with Gasteiger partial charge in [0.2, 0.25) is 5.91 Å². The van der Waals surface area contributed by atoms with Gasteiger partial charge in [0.25, 0.3) is 0 Å². The van der Waals surface area contributed by atoms with E-state index >= 15 is 0 Å². The molecule has 1 heterocycles. The smallest absolute Gasteiger partial charge is 0.250 e. The summed E-state index contributed by atoms with van der Waals surface area (Å²) in [4.78, 5) is 15.1. The molecule has 0 atom stereocenters. The normalized spacial score (nSPS) is 10.2. The third-order valence-corrected chi connectivity index (χ3v) is 1.49. The zero-order valence-electron chi connectivity index (χ0n) is 8.36. The predicted octanol–water partition coefficient (Wildman–Crippen LogP) is 1.45. The Balaban J connectivity index is 2.35. The first-order valence-electron chi connectivity index (χ1n) is 4.50. The summed E-state index contributed by atoms with van der Waals surface area (Å²) in [6, 6.07) is 3.54. The summed E-state index contributed by atoms with van der Waals surface area (Å²) in [5.41, 5.74) is 0.685. The molecule has 0 aliphatic rings. The number of hydrogen-bond acceptors (Lipinski definition) is 3. The lowest BCUT2D eigenvalue weighted by molar-refractivity contribution is -0.121. The summed E-state index contributed by atoms with van der Waals surface area (Å²) >= 11 is 0. The van der Waals surface area contributed by atoms with E-state index in [1.807, 2.05) is 13.8 Å². The van der Waals surface area contributed by atoms with E-state index in [9.17, 15) is 4.79 Å². The number of ether oxygens (including phenoxy) is 1. The first-order valence-corrected chi connectivity index (χ1v) is 4.50. The molecule has 1 rings (SSSR count). The lowest BCUT2D eigenvalue weighted by Crippen LogP contribution is -2.20. The molecule has 0 aromatic carbocycles. The third kappa shape index (κ3) is 4.00. The molecule has 1 aromatic rings. The van der Waals surface area contributed by atoms with Crippen LogP contribution in [-0.4, -0.2) is 23.6 Å². The van der Waals surface area contributed by atoms with Crippen LogP contribution in [-0.2, 0) is 9.53 Å². The van der Waals surface area contributed by atoms with Crippen molar-refractivity contribution < 1.29 is 9.53 Å². The summed E-state index contributed by atoms with van der Waals surface area (Å²) in [6.45, 7) is 3.85. The molecule has 1 aromatic heterocycles. The number of amides is 1. The van der Waals surface area contributed by atoms with Crippen LogP contribution in [0, 0.1) is 0 Å². The van der Waals surface area contributed by atoms with Crippen LogP contribution < -0.4 is 5.32 Å². The van der Waals surface area contributed by atoms with E-state index in [4.69, 9.17) is 4.74 Å². The molecule has 0 saturated carbocycles. The van der Waals surface area contributed by atoms with Crippen molar-refractivity contribution in [1.29, 1.82) is 0 Å². The molecule has 0 aliphatic heterocycles. The quantitative estimate of drug-likeness (QED) is 0.789. The van der Waals surface area contributed by atoms with E-state index in [0.29, 0.717) is 5.69 Å². The average Bonchev–Trinajstić information content (AvgIpc) is 2.16. The molecular weight excluding hydrogens is 180 g/mol. The van der Waals surface area contributed by atoms with E-state index in [2.05, 4.69) is 10.3 Å². The highest BCUT2D eigenvalue weighted by atomic mass is 16.5. The van der Waals surface area contributed by atoms with Gasteiger partial charge in [-0.05, 0) is 26.0 Å². The van der Waals surface area contributed by atoms with Crippen molar-refractivity contribution in [3.63, 3.8) is 0 Å². The van der Waals surface area contributed by atoms with Gasteiger partial charge in [-0.1, -0.05) is 0 Å². The summed E-state index contributed by atoms with van der Waals surface area (Å²) in [5, 5.41) is 2.67. The predicted molar refractivity (Wildman–Crippen MR) is 54.0 cm³/mol. The molecule has 0 aliphatic carbocycles. The molecule has 0 bridgehead atoms. The lowest BCUT2D eigenvalue weighted by Gasteiger charge is -2.07. The monoisotopic (exact) mass is 194 g/mol. The number of aromatic nitrogens is 1. The standard InChI is InChI=1S/C10H14N2O2/c1-8(2)14-7-10(13)12-9-4-3-5-11-6-9/h3-6,8H,7H2,1-2H3,(H,12,13). The van der Waals surface area contributed by atoms with E-state index in [1.165, 1.54) is 0 Å². The molecule has 0 saturated heterocycles. The maximum atomic E-state index is 11.3. The van der Waals surface area contributed by atoms with E-state index in [-0.39, 0.29) is 18.6 Å². The van der Waals surface area contributed by atoms with Crippen molar-refractivity contribution in [3.05, 3.63) is 24.5 Å². The Hall–Kier alpha value is -1.42. The fraction of sp³-hybridized carbons (Fsp3) is 0.400. The summed E-state index contributed by atoms with van der Waals surface area (Å²) < 4.78 is 5.14. The minimum atomic E-state index is -0.160. The molecule has 76 valence electrons. The first-order chi connectivity index (χ1) is 6.68. The van der Waals surface area contributed by atoms with Crippen LogP contribution in [0.25, 0.3) is 0 Å². The van der Waals surface area contributed by atoms with E-state index in [0.717, 1.165) is 0 Å². The Morgan fingerprint density at radius 2 is 2.43 bits per heavy atom. The number of nitrogens with zero attached hydrogens (tertiary/aromatic N) is 1. The van der Waals surface area contributed by atoms with Crippen molar-refractivity contribution in [2.45, 2.75) is 20.0 Å². The molecule has 1 amide bonds. The Morgan fingerprint density at radius 3 is 3.00 bits per heavy atom. The van der Waals surface area contributed by atoms with Crippen molar-refractivity contribution >= 4 is 11.6 Å². The van der Waals surface area contributed by atoms with Crippen molar-refractivity contribution in [2.24, 2.45) is 0 Å². The topological polar surface area (TPSA) is 51.2 Å². The minimum absolute atomic E-state index is 0.0645. The Bertz CT molecular complexity index is 285. The molecule has 0 fully saturated rings. The summed E-state index contributed by atoms with van der Waals surface area (Å²) in [5.74, 6) is -0.160. The highest BCUT2D eigenvalue weighted by Crippen LogP contribution is 2.02. The molecule has 1 N–H and O–H groups in total. The van der Waals surface area contributed by atoms with Crippen LogP contribution in [0.4, 0.5) is 5.69 Å². The van der Waals surface area contributed by atoms with E-state index in [1.54, 1.807) is 24.5 Å². The fourth-order valence-electron chi connectivity index (χ4n) is 0.876. The molecule has 0 radical (unpaired) electrons. The highest BCUT2D eigenvalue weighted by Gasteiger charge is 2.03. The second-order valence-corrected chi connectivity index (χ2v) is 3.15. The van der Waals surface area contributed by atoms with Crippen LogP contribution in [0.5, 0.6) is 0 Å². The first kappa shape index (κ1) is 10.7. The molecule has 4 nitrogen and oxygen atoms in total. The second kappa shape index (κ2) is 5.34. The number of pyridine rings is 1. The van der Waals surface area contributed by atoms with Crippen molar-refractivity contribution in [2.75, 3.05) is 11.9 Å². The maximum absolute atomic E-state index is 11.3. The van der Waals surface area contributed by atoms with Gasteiger partial charge in [0.05, 0.1) is 18.0 Å². The average molecular weight is 194 g/mol. The van der Waals surface area contributed by atoms with Gasteiger partial charge in [-0.3, -0.25) is 9.78 Å². The number of hydrogen-bond donors (Lipinski definition) is 1. The van der Waals surface area contributed by atoms with Gasteiger partial charge in [-0.2, -0.15) is 0 Å². The highest BCUT2D eigenvalue weighted by molar-refractivity contribution is 5.91. The van der Waals surface area contributed by atoms with Crippen molar-refractivity contribution in [3.8, 4) is 0 Å². The Morgan fingerprint density at radius 1 is 1.64 bits per heavy atom. The van der Waals surface area contributed by atoms with Gasteiger partial charge in [0, 0.05) is 6.20 Å². The lowest BCUT2D eigenvalue weighted by atomic mass is 10.4. The van der Waals surface area contributed by atoms with Gasteiger partial charge >= 0.3 is 0 Å². The number of nitrogens with one attached hydrogen (secondary N) is 1. The summed E-state index contributed by atoms with van der Waals surface area (Å²) in [6.07, 6.45) is 3.31. The number of carbonyl (C=O) groups excluding carboxylic acids is 1. The van der Waals surface area contributed by atoms with Crippen LogP contribution >= 0.6 is 0 Å². The number of carbonyl (C=O) groups is 1. The maximum Gasteiger partial charge on any atom is 0.250 e. The zero-order valence-corrected chi connectivity index (χ0v) is 8.36. The zero-order chi connectivity index (χ0) is 10.4. The van der Waals surface area contributed by atoms with Crippen LogP contribution in [0.1, 0.15) is 13.8 Å². The molecule has 0 spiro atoms. The van der Waals surface area contributed by atoms with Crippen LogP contribution in [0.3, 0.4) is 0 Å². The third-order valence-electron chi connectivity index (χ3n) is 1.49. The number of rotatable bonds is 4. The molecule has 14 heavy (non-hydrogen) atoms. The van der Waals surface area contributed by atoms with E-state index < -0.39 is 0 Å². The molecule has 0 unspecified atom stereocenters.